The van der Waals surface area contributed by atoms with Crippen LogP contribution in [0.4, 0.5) is 0 Å². The van der Waals surface area contributed by atoms with Gasteiger partial charge in [0, 0.05) is 13.7 Å². The number of halogens is 1. The predicted molar refractivity (Wildman–Crippen MR) is 90.3 cm³/mol. The summed E-state index contributed by atoms with van der Waals surface area (Å²) in [6.07, 6.45) is 0.886. The van der Waals surface area contributed by atoms with Crippen molar-refractivity contribution in [1.29, 1.82) is 0 Å². The van der Waals surface area contributed by atoms with E-state index in [9.17, 15) is 4.79 Å². The second-order valence-electron chi connectivity index (χ2n) is 5.12. The molecule has 5 nitrogen and oxygen atoms in total. The molecule has 3 N–H and O–H groups in total. The lowest BCUT2D eigenvalue weighted by Crippen LogP contribution is -2.44. The minimum Gasteiger partial charge on any atom is -0.491 e. The number of methoxy groups -OCH3 is 1. The second kappa shape index (κ2) is 11.3. The molecule has 0 bridgehead atoms. The summed E-state index contributed by atoms with van der Waals surface area (Å²) in [5.41, 5.74) is 6.88. The first-order valence-electron chi connectivity index (χ1n) is 7.32. The fourth-order valence-corrected chi connectivity index (χ4v) is 1.81. The number of ether oxygens (including phenoxy) is 2. The summed E-state index contributed by atoms with van der Waals surface area (Å²) in [5.74, 6) is 0.828. The van der Waals surface area contributed by atoms with Crippen molar-refractivity contribution in [2.75, 3.05) is 20.3 Å². The van der Waals surface area contributed by atoms with Gasteiger partial charge < -0.3 is 20.5 Å². The van der Waals surface area contributed by atoms with Gasteiger partial charge in [0.05, 0.1) is 12.6 Å². The molecule has 1 rings (SSSR count). The Kier molecular flexibility index (Phi) is 10.6. The number of amides is 1. The van der Waals surface area contributed by atoms with Crippen LogP contribution in [0.25, 0.3) is 0 Å². The summed E-state index contributed by atoms with van der Waals surface area (Å²) in [4.78, 5) is 11.9. The van der Waals surface area contributed by atoms with Crippen molar-refractivity contribution in [3.63, 3.8) is 0 Å². The summed E-state index contributed by atoms with van der Waals surface area (Å²) in [6.45, 7) is 5.51. The SMILES string of the molecule is CCC(C)C(N)C(=O)NCc1cccc(OCCOC)c1.Cl. The highest BCUT2D eigenvalue weighted by Gasteiger charge is 2.18. The van der Waals surface area contributed by atoms with E-state index in [-0.39, 0.29) is 24.2 Å². The molecule has 0 aromatic heterocycles. The van der Waals surface area contributed by atoms with Crippen LogP contribution in [0.3, 0.4) is 0 Å². The minimum absolute atomic E-state index is 0. The van der Waals surface area contributed by atoms with Crippen molar-refractivity contribution in [1.82, 2.24) is 5.32 Å². The average Bonchev–Trinajstić information content (AvgIpc) is 2.51. The summed E-state index contributed by atoms with van der Waals surface area (Å²) in [7, 11) is 1.63. The second-order valence-corrected chi connectivity index (χ2v) is 5.12. The van der Waals surface area contributed by atoms with Crippen molar-refractivity contribution in [2.24, 2.45) is 11.7 Å². The van der Waals surface area contributed by atoms with Crippen molar-refractivity contribution < 1.29 is 14.3 Å². The zero-order valence-corrected chi connectivity index (χ0v) is 14.3. The number of hydrogen-bond donors (Lipinski definition) is 2. The zero-order chi connectivity index (χ0) is 15.7. The average molecular weight is 331 g/mol. The van der Waals surface area contributed by atoms with Gasteiger partial charge in [-0.3, -0.25) is 4.79 Å². The van der Waals surface area contributed by atoms with E-state index >= 15 is 0 Å². The van der Waals surface area contributed by atoms with Gasteiger partial charge in [0.1, 0.15) is 12.4 Å². The monoisotopic (exact) mass is 330 g/mol. The first-order chi connectivity index (χ1) is 10.1. The summed E-state index contributed by atoms with van der Waals surface area (Å²) < 4.78 is 10.5. The Bertz CT molecular complexity index is 443. The van der Waals surface area contributed by atoms with E-state index in [1.807, 2.05) is 38.1 Å². The van der Waals surface area contributed by atoms with Crippen LogP contribution >= 0.6 is 12.4 Å². The first kappa shape index (κ1) is 20.7. The molecule has 0 fully saturated rings. The molecule has 1 amide bonds. The Labute approximate surface area is 139 Å². The summed E-state index contributed by atoms with van der Waals surface area (Å²) >= 11 is 0. The predicted octanol–water partition coefficient (Wildman–Crippen LogP) is 2.12. The van der Waals surface area contributed by atoms with Crippen LogP contribution in [0.2, 0.25) is 0 Å². The molecule has 0 aliphatic rings. The van der Waals surface area contributed by atoms with Gasteiger partial charge in [0.2, 0.25) is 5.91 Å². The molecule has 2 unspecified atom stereocenters. The molecule has 0 saturated carbocycles. The zero-order valence-electron chi connectivity index (χ0n) is 13.5. The highest BCUT2D eigenvalue weighted by atomic mass is 35.5. The Hall–Kier alpha value is -1.30. The van der Waals surface area contributed by atoms with Gasteiger partial charge in [-0.25, -0.2) is 0 Å². The third kappa shape index (κ3) is 7.11. The number of nitrogens with two attached hydrogens (primary N) is 1. The normalized spacial score (nSPS) is 12.9. The third-order valence-corrected chi connectivity index (χ3v) is 3.48. The molecular weight excluding hydrogens is 304 g/mol. The molecular formula is C16H27ClN2O3. The molecule has 0 spiro atoms. The molecule has 126 valence electrons. The molecule has 6 heteroatoms. The van der Waals surface area contributed by atoms with Gasteiger partial charge in [0.25, 0.3) is 0 Å². The Morgan fingerprint density at radius 2 is 2.09 bits per heavy atom. The Morgan fingerprint density at radius 1 is 1.36 bits per heavy atom. The van der Waals surface area contributed by atoms with E-state index in [1.165, 1.54) is 0 Å². The molecule has 0 aliphatic heterocycles. The summed E-state index contributed by atoms with van der Waals surface area (Å²) in [6, 6.07) is 7.17. The van der Waals surface area contributed by atoms with Crippen LogP contribution in [0.1, 0.15) is 25.8 Å². The Balaban J connectivity index is 0.00000441. The van der Waals surface area contributed by atoms with Gasteiger partial charge >= 0.3 is 0 Å². The van der Waals surface area contributed by atoms with Crippen molar-refractivity contribution >= 4 is 18.3 Å². The molecule has 0 aliphatic carbocycles. The smallest absolute Gasteiger partial charge is 0.237 e. The maximum absolute atomic E-state index is 11.9. The quantitative estimate of drug-likeness (QED) is 0.680. The molecule has 0 radical (unpaired) electrons. The lowest BCUT2D eigenvalue weighted by atomic mass is 9.99. The summed E-state index contributed by atoms with van der Waals surface area (Å²) in [5, 5.41) is 2.86. The van der Waals surface area contributed by atoms with E-state index in [4.69, 9.17) is 15.2 Å². The van der Waals surface area contributed by atoms with Gasteiger partial charge in [-0.2, -0.15) is 0 Å². The van der Waals surface area contributed by atoms with Crippen LogP contribution in [0.5, 0.6) is 5.75 Å². The van der Waals surface area contributed by atoms with E-state index < -0.39 is 6.04 Å². The Morgan fingerprint density at radius 3 is 2.73 bits per heavy atom. The van der Waals surface area contributed by atoms with E-state index in [1.54, 1.807) is 7.11 Å². The van der Waals surface area contributed by atoms with Crippen molar-refractivity contribution in [3.8, 4) is 5.75 Å². The van der Waals surface area contributed by atoms with E-state index in [2.05, 4.69) is 5.32 Å². The molecule has 1 aromatic rings. The third-order valence-electron chi connectivity index (χ3n) is 3.48. The lowest BCUT2D eigenvalue weighted by Gasteiger charge is -2.17. The van der Waals surface area contributed by atoms with Crippen LogP contribution in [0, 0.1) is 5.92 Å². The molecule has 0 heterocycles. The topological polar surface area (TPSA) is 73.6 Å². The highest BCUT2D eigenvalue weighted by molar-refractivity contribution is 5.85. The molecule has 22 heavy (non-hydrogen) atoms. The maximum atomic E-state index is 11.9. The lowest BCUT2D eigenvalue weighted by molar-refractivity contribution is -0.123. The number of hydrogen-bond acceptors (Lipinski definition) is 4. The number of carbonyl (C=O) groups is 1. The maximum Gasteiger partial charge on any atom is 0.237 e. The van der Waals surface area contributed by atoms with Gasteiger partial charge in [-0.1, -0.05) is 32.4 Å². The molecule has 0 saturated heterocycles. The standard InChI is InChI=1S/C16H26N2O3.ClH/c1-4-12(2)15(17)16(19)18-11-13-6-5-7-14(10-13)21-9-8-20-3;/h5-7,10,12,15H,4,8-9,11,17H2,1-3H3,(H,18,19);1H. The largest absolute Gasteiger partial charge is 0.491 e. The number of rotatable bonds is 9. The first-order valence-corrected chi connectivity index (χ1v) is 7.32. The van der Waals surface area contributed by atoms with Gasteiger partial charge in [0.15, 0.2) is 0 Å². The minimum atomic E-state index is -0.462. The van der Waals surface area contributed by atoms with Crippen LogP contribution in [-0.2, 0) is 16.1 Å². The number of benzene rings is 1. The van der Waals surface area contributed by atoms with Crippen molar-refractivity contribution in [2.45, 2.75) is 32.9 Å². The molecule has 2 atom stereocenters. The van der Waals surface area contributed by atoms with E-state index in [0.717, 1.165) is 17.7 Å². The fourth-order valence-electron chi connectivity index (χ4n) is 1.81. The highest BCUT2D eigenvalue weighted by Crippen LogP contribution is 2.13. The van der Waals surface area contributed by atoms with Crippen LogP contribution < -0.4 is 15.8 Å². The number of carbonyl (C=O) groups excluding carboxylic acids is 1. The van der Waals surface area contributed by atoms with Gasteiger partial charge in [-0.15, -0.1) is 12.4 Å². The van der Waals surface area contributed by atoms with Gasteiger partial charge in [-0.05, 0) is 23.6 Å². The van der Waals surface area contributed by atoms with E-state index in [0.29, 0.717) is 19.8 Å². The molecule has 1 aromatic carbocycles. The number of nitrogens with one attached hydrogen (secondary N) is 1. The van der Waals surface area contributed by atoms with Crippen LogP contribution in [0.15, 0.2) is 24.3 Å². The van der Waals surface area contributed by atoms with Crippen LogP contribution in [-0.4, -0.2) is 32.3 Å². The fraction of sp³-hybridized carbons (Fsp3) is 0.562. The van der Waals surface area contributed by atoms with Crippen molar-refractivity contribution in [3.05, 3.63) is 29.8 Å².